The average Bonchev–Trinajstić information content (AvgIpc) is 2.84. The van der Waals surface area contributed by atoms with Crippen LogP contribution in [0.15, 0.2) is 71.6 Å². The van der Waals surface area contributed by atoms with Crippen LogP contribution >= 0.6 is 0 Å². The lowest BCUT2D eigenvalue weighted by Crippen LogP contribution is -2.16. The van der Waals surface area contributed by atoms with Crippen molar-refractivity contribution in [3.63, 3.8) is 0 Å². The molecule has 1 aromatic heterocycles. The molecule has 3 aromatic carbocycles. The second-order valence-corrected chi connectivity index (χ2v) is 8.80. The van der Waals surface area contributed by atoms with Crippen LogP contribution in [0.4, 0.5) is 17.3 Å². The number of nitrogens with zero attached hydrogens (tertiary/aromatic N) is 2. The molecule has 0 saturated heterocycles. The highest BCUT2D eigenvalue weighted by atomic mass is 32.2. The van der Waals surface area contributed by atoms with Crippen molar-refractivity contribution in [1.82, 2.24) is 9.97 Å². The Kier molecular flexibility index (Phi) is 6.69. The number of rotatable bonds is 9. The molecular formula is C24H24N4O5S. The zero-order valence-electron chi connectivity index (χ0n) is 18.9. The van der Waals surface area contributed by atoms with E-state index >= 15 is 0 Å². The van der Waals surface area contributed by atoms with Crippen molar-refractivity contribution in [2.24, 2.45) is 0 Å². The van der Waals surface area contributed by atoms with Crippen LogP contribution in [0.25, 0.3) is 11.0 Å². The molecule has 1 heterocycles. The van der Waals surface area contributed by atoms with Crippen molar-refractivity contribution in [3.05, 3.63) is 66.7 Å². The Bertz CT molecular complexity index is 1410. The van der Waals surface area contributed by atoms with Gasteiger partial charge in [0.25, 0.3) is 10.0 Å². The number of benzene rings is 3. The molecule has 4 aromatic rings. The van der Waals surface area contributed by atoms with Gasteiger partial charge in [-0.2, -0.15) is 0 Å². The lowest BCUT2D eigenvalue weighted by atomic mass is 10.2. The van der Waals surface area contributed by atoms with E-state index < -0.39 is 10.0 Å². The highest BCUT2D eigenvalue weighted by Crippen LogP contribution is 2.33. The first-order valence-electron chi connectivity index (χ1n) is 10.4. The lowest BCUT2D eigenvalue weighted by Gasteiger charge is -2.15. The topological polar surface area (TPSA) is 112 Å². The number of ether oxygens (including phenoxy) is 3. The number of aromatic nitrogens is 2. The van der Waals surface area contributed by atoms with Gasteiger partial charge in [0.05, 0.1) is 36.8 Å². The van der Waals surface area contributed by atoms with E-state index in [1.165, 1.54) is 19.2 Å². The third-order valence-corrected chi connectivity index (χ3v) is 6.25. The molecule has 0 unspecified atom stereocenters. The summed E-state index contributed by atoms with van der Waals surface area (Å²) in [6.45, 7) is 2.35. The number of anilines is 3. The fraction of sp³-hybridized carbons (Fsp3) is 0.167. The lowest BCUT2D eigenvalue weighted by molar-refractivity contribution is 0.340. The van der Waals surface area contributed by atoms with Crippen molar-refractivity contribution in [1.29, 1.82) is 0 Å². The van der Waals surface area contributed by atoms with Gasteiger partial charge in [-0.1, -0.05) is 12.1 Å². The maximum Gasteiger partial charge on any atom is 0.263 e. The molecule has 2 N–H and O–H groups in total. The van der Waals surface area contributed by atoms with E-state index in [1.807, 2.05) is 19.1 Å². The Morgan fingerprint density at radius 3 is 2.09 bits per heavy atom. The summed E-state index contributed by atoms with van der Waals surface area (Å²) in [6.07, 6.45) is 0. The van der Waals surface area contributed by atoms with Gasteiger partial charge in [0, 0.05) is 11.8 Å². The van der Waals surface area contributed by atoms with E-state index in [9.17, 15) is 8.42 Å². The summed E-state index contributed by atoms with van der Waals surface area (Å²) in [5.74, 6) is 1.96. The SMILES string of the molecule is CCOc1ccc(S(=O)(=O)Nc2nc3ccccc3nc2Nc2ccc(OC)c(OC)c2)cc1. The molecule has 0 aliphatic heterocycles. The summed E-state index contributed by atoms with van der Waals surface area (Å²) in [7, 11) is -0.860. The predicted molar refractivity (Wildman–Crippen MR) is 131 cm³/mol. The van der Waals surface area contributed by atoms with E-state index in [1.54, 1.807) is 49.6 Å². The van der Waals surface area contributed by atoms with Gasteiger partial charge in [0.1, 0.15) is 5.75 Å². The largest absolute Gasteiger partial charge is 0.494 e. The first kappa shape index (κ1) is 23.1. The molecule has 0 atom stereocenters. The zero-order chi connectivity index (χ0) is 24.1. The smallest absolute Gasteiger partial charge is 0.263 e. The number of hydrogen-bond acceptors (Lipinski definition) is 8. The summed E-state index contributed by atoms with van der Waals surface area (Å²) in [5, 5.41) is 3.13. The Hall–Kier alpha value is -4.05. The minimum atomic E-state index is -3.94. The fourth-order valence-corrected chi connectivity index (χ4v) is 4.29. The average molecular weight is 481 g/mol. The Labute approximate surface area is 197 Å². The van der Waals surface area contributed by atoms with E-state index in [2.05, 4.69) is 20.0 Å². The Balaban J connectivity index is 1.72. The van der Waals surface area contributed by atoms with Crippen LogP contribution in [0.5, 0.6) is 17.2 Å². The molecular weight excluding hydrogens is 456 g/mol. The predicted octanol–water partition coefficient (Wildman–Crippen LogP) is 4.59. The number of methoxy groups -OCH3 is 2. The number of sulfonamides is 1. The van der Waals surface area contributed by atoms with E-state index in [0.717, 1.165) is 0 Å². The Morgan fingerprint density at radius 2 is 1.47 bits per heavy atom. The van der Waals surface area contributed by atoms with Gasteiger partial charge in [-0.15, -0.1) is 0 Å². The van der Waals surface area contributed by atoms with Crippen molar-refractivity contribution in [2.75, 3.05) is 30.9 Å². The second-order valence-electron chi connectivity index (χ2n) is 7.11. The van der Waals surface area contributed by atoms with Crippen molar-refractivity contribution in [3.8, 4) is 17.2 Å². The molecule has 0 fully saturated rings. The third-order valence-electron chi connectivity index (χ3n) is 4.89. The molecule has 0 bridgehead atoms. The maximum atomic E-state index is 13.1. The molecule has 0 saturated carbocycles. The molecule has 0 radical (unpaired) electrons. The molecule has 34 heavy (non-hydrogen) atoms. The molecule has 0 spiro atoms. The fourth-order valence-electron chi connectivity index (χ4n) is 3.28. The van der Waals surface area contributed by atoms with Crippen LogP contribution < -0.4 is 24.2 Å². The first-order chi connectivity index (χ1) is 16.4. The number of nitrogens with one attached hydrogen (secondary N) is 2. The zero-order valence-corrected chi connectivity index (χ0v) is 19.7. The maximum absolute atomic E-state index is 13.1. The van der Waals surface area contributed by atoms with Crippen LogP contribution in [0.2, 0.25) is 0 Å². The number of fused-ring (bicyclic) bond motifs is 1. The number of para-hydroxylation sites is 2. The molecule has 176 valence electrons. The van der Waals surface area contributed by atoms with Gasteiger partial charge in [0.2, 0.25) is 0 Å². The number of hydrogen-bond donors (Lipinski definition) is 2. The highest BCUT2D eigenvalue weighted by molar-refractivity contribution is 7.92. The van der Waals surface area contributed by atoms with E-state index in [-0.39, 0.29) is 16.5 Å². The van der Waals surface area contributed by atoms with Crippen LogP contribution in [-0.2, 0) is 10.0 Å². The molecule has 0 amide bonds. The van der Waals surface area contributed by atoms with Crippen LogP contribution in [-0.4, -0.2) is 39.2 Å². The van der Waals surface area contributed by atoms with Gasteiger partial charge in [-0.3, -0.25) is 4.72 Å². The Morgan fingerprint density at radius 1 is 0.824 bits per heavy atom. The van der Waals surface area contributed by atoms with E-state index in [0.29, 0.717) is 40.6 Å². The van der Waals surface area contributed by atoms with E-state index in [4.69, 9.17) is 14.2 Å². The summed E-state index contributed by atoms with van der Waals surface area (Å²) < 4.78 is 44.8. The standard InChI is InChI=1S/C24H24N4O5S/c1-4-33-17-10-12-18(13-11-17)34(29,30)28-24-23(26-19-7-5-6-8-20(19)27-24)25-16-9-14-21(31-2)22(15-16)32-3/h5-15H,4H2,1-3H3,(H,25,26)(H,27,28). The molecule has 0 aliphatic carbocycles. The quantitative estimate of drug-likeness (QED) is 0.358. The molecule has 9 nitrogen and oxygen atoms in total. The van der Waals surface area contributed by atoms with Gasteiger partial charge < -0.3 is 19.5 Å². The van der Waals surface area contributed by atoms with Crippen molar-refractivity contribution in [2.45, 2.75) is 11.8 Å². The minimum Gasteiger partial charge on any atom is -0.494 e. The van der Waals surface area contributed by atoms with Crippen molar-refractivity contribution < 1.29 is 22.6 Å². The van der Waals surface area contributed by atoms with Gasteiger partial charge >= 0.3 is 0 Å². The van der Waals surface area contributed by atoms with Crippen LogP contribution in [0.3, 0.4) is 0 Å². The normalized spacial score (nSPS) is 11.1. The summed E-state index contributed by atoms with van der Waals surface area (Å²) in [5.41, 5.74) is 1.77. The van der Waals surface area contributed by atoms with Gasteiger partial charge in [-0.25, -0.2) is 18.4 Å². The summed E-state index contributed by atoms with van der Waals surface area (Å²) in [6, 6.07) is 18.6. The summed E-state index contributed by atoms with van der Waals surface area (Å²) >= 11 is 0. The van der Waals surface area contributed by atoms with Gasteiger partial charge in [-0.05, 0) is 55.5 Å². The second kappa shape index (κ2) is 9.84. The van der Waals surface area contributed by atoms with Crippen molar-refractivity contribution >= 4 is 38.4 Å². The molecule has 10 heteroatoms. The van der Waals surface area contributed by atoms with Crippen LogP contribution in [0.1, 0.15) is 6.92 Å². The molecule has 4 rings (SSSR count). The summed E-state index contributed by atoms with van der Waals surface area (Å²) in [4.78, 5) is 9.17. The van der Waals surface area contributed by atoms with Gasteiger partial charge in [0.15, 0.2) is 23.1 Å². The molecule has 0 aliphatic rings. The first-order valence-corrected chi connectivity index (χ1v) is 11.9. The highest BCUT2D eigenvalue weighted by Gasteiger charge is 2.19. The monoisotopic (exact) mass is 480 g/mol. The van der Waals surface area contributed by atoms with Crippen LogP contribution in [0, 0.1) is 0 Å². The minimum absolute atomic E-state index is 0.0577. The third kappa shape index (κ3) is 4.96.